The van der Waals surface area contributed by atoms with Crippen LogP contribution in [0.15, 0.2) is 12.1 Å². The second-order valence-corrected chi connectivity index (χ2v) is 7.65. The van der Waals surface area contributed by atoms with Gasteiger partial charge in [0.05, 0.1) is 4.88 Å². The van der Waals surface area contributed by atoms with Crippen LogP contribution in [0, 0.1) is 6.92 Å². The highest BCUT2D eigenvalue weighted by Gasteiger charge is 2.33. The van der Waals surface area contributed by atoms with Crippen LogP contribution in [-0.2, 0) is 6.18 Å². The summed E-state index contributed by atoms with van der Waals surface area (Å²) in [5.41, 5.74) is -0.256. The summed E-state index contributed by atoms with van der Waals surface area (Å²) < 4.78 is 38.4. The van der Waals surface area contributed by atoms with Crippen LogP contribution in [0.2, 0.25) is 0 Å². The number of fused-ring (bicyclic) bond motifs is 1. The van der Waals surface area contributed by atoms with Gasteiger partial charge < -0.3 is 5.32 Å². The zero-order valence-corrected chi connectivity index (χ0v) is 15.1. The average molecular weight is 371 g/mol. The van der Waals surface area contributed by atoms with Crippen LogP contribution in [0.3, 0.4) is 0 Å². The SMILES string of the molecule is Cc1c(C(=O)NC2CCN(C(C)C)C2)sc2nc(C(F)(F)F)ccc12. The molecule has 0 saturated carbocycles. The predicted molar refractivity (Wildman–Crippen MR) is 91.9 cm³/mol. The van der Waals surface area contributed by atoms with E-state index in [-0.39, 0.29) is 16.8 Å². The topological polar surface area (TPSA) is 45.2 Å². The monoisotopic (exact) mass is 371 g/mol. The van der Waals surface area contributed by atoms with Gasteiger partial charge in [-0.05, 0) is 44.9 Å². The molecule has 8 heteroatoms. The molecule has 0 aromatic carbocycles. The number of hydrogen-bond acceptors (Lipinski definition) is 4. The molecular formula is C17H20F3N3OS. The molecule has 3 rings (SSSR count). The fraction of sp³-hybridized carbons (Fsp3) is 0.529. The zero-order valence-electron chi connectivity index (χ0n) is 14.3. The van der Waals surface area contributed by atoms with Crippen LogP contribution in [0.1, 0.15) is 41.2 Å². The molecular weight excluding hydrogens is 351 g/mol. The van der Waals surface area contributed by atoms with Crippen molar-refractivity contribution in [2.75, 3.05) is 13.1 Å². The van der Waals surface area contributed by atoms with Crippen molar-refractivity contribution >= 4 is 27.5 Å². The van der Waals surface area contributed by atoms with Gasteiger partial charge in [-0.1, -0.05) is 0 Å². The average Bonchev–Trinajstić information content (AvgIpc) is 3.11. The quantitative estimate of drug-likeness (QED) is 0.892. The number of carbonyl (C=O) groups excluding carboxylic acids is 1. The maximum atomic E-state index is 12.8. The molecule has 1 aliphatic rings. The fourth-order valence-corrected chi connectivity index (χ4v) is 4.18. The number of thiophene rings is 1. The molecule has 1 N–H and O–H groups in total. The standard InChI is InChI=1S/C17H20F3N3OS/c1-9(2)23-7-6-11(8-23)21-15(24)14-10(3)12-4-5-13(17(18,19)20)22-16(12)25-14/h4-5,9,11H,6-8H2,1-3H3,(H,21,24). The van der Waals surface area contributed by atoms with Gasteiger partial charge in [0.15, 0.2) is 0 Å². The van der Waals surface area contributed by atoms with Gasteiger partial charge in [-0.2, -0.15) is 13.2 Å². The third kappa shape index (κ3) is 3.64. The third-order valence-corrected chi connectivity index (χ3v) is 5.79. The first-order valence-electron chi connectivity index (χ1n) is 8.19. The van der Waals surface area contributed by atoms with Crippen molar-refractivity contribution in [2.45, 2.75) is 45.5 Å². The molecule has 136 valence electrons. The molecule has 25 heavy (non-hydrogen) atoms. The smallest absolute Gasteiger partial charge is 0.347 e. The Bertz CT molecular complexity index is 800. The van der Waals surface area contributed by atoms with Crippen molar-refractivity contribution in [1.82, 2.24) is 15.2 Å². The van der Waals surface area contributed by atoms with Gasteiger partial charge >= 0.3 is 6.18 Å². The minimum Gasteiger partial charge on any atom is -0.347 e. The lowest BCUT2D eigenvalue weighted by Crippen LogP contribution is -2.38. The Morgan fingerprint density at radius 1 is 1.40 bits per heavy atom. The van der Waals surface area contributed by atoms with E-state index in [0.29, 0.717) is 21.9 Å². The number of alkyl halides is 3. The highest BCUT2D eigenvalue weighted by Crippen LogP contribution is 2.34. The molecule has 2 aromatic rings. The normalized spacial score (nSPS) is 19.1. The second kappa shape index (κ2) is 6.57. The number of nitrogens with one attached hydrogen (secondary N) is 1. The third-order valence-electron chi connectivity index (χ3n) is 4.59. The van der Waals surface area contributed by atoms with Gasteiger partial charge in [0.2, 0.25) is 0 Å². The van der Waals surface area contributed by atoms with Crippen molar-refractivity contribution in [3.8, 4) is 0 Å². The first-order valence-corrected chi connectivity index (χ1v) is 9.00. The molecule has 1 atom stereocenters. The maximum absolute atomic E-state index is 12.8. The van der Waals surface area contributed by atoms with E-state index in [1.165, 1.54) is 6.07 Å². The number of carbonyl (C=O) groups is 1. The number of aryl methyl sites for hydroxylation is 1. The van der Waals surface area contributed by atoms with Crippen LogP contribution in [0.4, 0.5) is 13.2 Å². The lowest BCUT2D eigenvalue weighted by atomic mass is 10.1. The molecule has 2 aromatic heterocycles. The Hall–Kier alpha value is -1.67. The summed E-state index contributed by atoms with van der Waals surface area (Å²) in [7, 11) is 0. The van der Waals surface area contributed by atoms with E-state index in [9.17, 15) is 18.0 Å². The Morgan fingerprint density at radius 3 is 2.72 bits per heavy atom. The summed E-state index contributed by atoms with van der Waals surface area (Å²) in [5.74, 6) is -0.232. The molecule has 1 aliphatic heterocycles. The largest absolute Gasteiger partial charge is 0.433 e. The Morgan fingerprint density at radius 2 is 2.12 bits per heavy atom. The Kier molecular flexibility index (Phi) is 4.76. The number of amides is 1. The van der Waals surface area contributed by atoms with E-state index in [0.717, 1.165) is 36.9 Å². The summed E-state index contributed by atoms with van der Waals surface area (Å²) in [6, 6.07) is 2.85. The van der Waals surface area contributed by atoms with Crippen molar-refractivity contribution in [1.29, 1.82) is 0 Å². The van der Waals surface area contributed by atoms with Gasteiger partial charge in [0.1, 0.15) is 10.5 Å². The van der Waals surface area contributed by atoms with Crippen LogP contribution in [0.5, 0.6) is 0 Å². The number of halogens is 3. The van der Waals surface area contributed by atoms with Crippen molar-refractivity contribution in [3.63, 3.8) is 0 Å². The summed E-state index contributed by atoms with van der Waals surface area (Å²) in [5, 5.41) is 3.60. The number of hydrogen-bond donors (Lipinski definition) is 1. The lowest BCUT2D eigenvalue weighted by Gasteiger charge is -2.20. The van der Waals surface area contributed by atoms with E-state index >= 15 is 0 Å². The Labute approximate surface area is 148 Å². The second-order valence-electron chi connectivity index (χ2n) is 6.65. The highest BCUT2D eigenvalue weighted by molar-refractivity contribution is 7.20. The number of likely N-dealkylation sites (tertiary alicyclic amines) is 1. The first kappa shape index (κ1) is 18.1. The first-order chi connectivity index (χ1) is 11.7. The van der Waals surface area contributed by atoms with E-state index < -0.39 is 11.9 Å². The predicted octanol–water partition coefficient (Wildman–Crippen LogP) is 3.84. The molecule has 1 fully saturated rings. The molecule has 0 aliphatic carbocycles. The van der Waals surface area contributed by atoms with Crippen LogP contribution < -0.4 is 5.32 Å². The van der Waals surface area contributed by atoms with Crippen molar-refractivity contribution in [3.05, 3.63) is 28.3 Å². The lowest BCUT2D eigenvalue weighted by molar-refractivity contribution is -0.140. The van der Waals surface area contributed by atoms with Crippen LogP contribution in [0.25, 0.3) is 10.2 Å². The molecule has 3 heterocycles. The van der Waals surface area contributed by atoms with E-state index in [1.54, 1.807) is 6.92 Å². The molecule has 1 unspecified atom stereocenters. The van der Waals surface area contributed by atoms with Crippen LogP contribution in [-0.4, -0.2) is 41.0 Å². The number of aromatic nitrogens is 1. The van der Waals surface area contributed by atoms with E-state index in [2.05, 4.69) is 29.0 Å². The fourth-order valence-electron chi connectivity index (χ4n) is 3.10. The molecule has 4 nitrogen and oxygen atoms in total. The number of nitrogens with zero attached hydrogens (tertiary/aromatic N) is 2. The van der Waals surface area contributed by atoms with Gasteiger partial charge in [-0.3, -0.25) is 9.69 Å². The van der Waals surface area contributed by atoms with E-state index in [1.807, 2.05) is 0 Å². The summed E-state index contributed by atoms with van der Waals surface area (Å²) in [6.45, 7) is 7.71. The minimum atomic E-state index is -4.49. The summed E-state index contributed by atoms with van der Waals surface area (Å²) in [6.07, 6.45) is -3.61. The molecule has 0 bridgehead atoms. The maximum Gasteiger partial charge on any atom is 0.433 e. The Balaban J connectivity index is 1.81. The van der Waals surface area contributed by atoms with Gasteiger partial charge in [0.25, 0.3) is 5.91 Å². The zero-order chi connectivity index (χ0) is 18.4. The van der Waals surface area contributed by atoms with Gasteiger partial charge in [0, 0.05) is 30.6 Å². The molecule has 1 amide bonds. The summed E-state index contributed by atoms with van der Waals surface area (Å²) >= 11 is 1.02. The van der Waals surface area contributed by atoms with Gasteiger partial charge in [-0.25, -0.2) is 4.98 Å². The number of rotatable bonds is 3. The molecule has 0 spiro atoms. The molecule has 0 radical (unpaired) electrons. The highest BCUT2D eigenvalue weighted by atomic mass is 32.1. The van der Waals surface area contributed by atoms with Gasteiger partial charge in [-0.15, -0.1) is 11.3 Å². The van der Waals surface area contributed by atoms with Crippen molar-refractivity contribution in [2.24, 2.45) is 0 Å². The van der Waals surface area contributed by atoms with Crippen molar-refractivity contribution < 1.29 is 18.0 Å². The number of pyridine rings is 1. The minimum absolute atomic E-state index is 0.0678. The summed E-state index contributed by atoms with van der Waals surface area (Å²) in [4.78, 5) is 19.2. The van der Waals surface area contributed by atoms with Crippen LogP contribution >= 0.6 is 11.3 Å². The molecule has 1 saturated heterocycles. The van der Waals surface area contributed by atoms with E-state index in [4.69, 9.17) is 0 Å².